The summed E-state index contributed by atoms with van der Waals surface area (Å²) in [4.78, 5) is 82.9. The highest BCUT2D eigenvalue weighted by Gasteiger charge is 2.33. The van der Waals surface area contributed by atoms with Crippen LogP contribution in [0.2, 0.25) is 5.02 Å². The fourth-order valence-corrected chi connectivity index (χ4v) is 14.0. The maximum absolute atomic E-state index is 13.1. The van der Waals surface area contributed by atoms with Gasteiger partial charge in [0.2, 0.25) is 0 Å². The molecule has 0 aliphatic carbocycles. The van der Waals surface area contributed by atoms with E-state index >= 15 is 0 Å². The molecule has 4 amide bonds. The molecule has 478 valence electrons. The highest BCUT2D eigenvalue weighted by Crippen LogP contribution is 2.39. The van der Waals surface area contributed by atoms with Crippen LogP contribution in [0.4, 0.5) is 27.0 Å². The number of para-hydroxylation sites is 3. The maximum atomic E-state index is 13.1. The van der Waals surface area contributed by atoms with Gasteiger partial charge in [-0.15, -0.1) is 0 Å². The summed E-state index contributed by atoms with van der Waals surface area (Å²) in [5, 5.41) is 4.02. The lowest BCUT2D eigenvalue weighted by atomic mass is 9.95. The van der Waals surface area contributed by atoms with E-state index in [0.29, 0.717) is 54.2 Å². The number of aromatic nitrogens is 12. The molecule has 3 aliphatic heterocycles. The van der Waals surface area contributed by atoms with E-state index < -0.39 is 0 Å². The van der Waals surface area contributed by atoms with Crippen LogP contribution in [0, 0.1) is 6.92 Å². The number of hydrogen-bond donors (Lipinski definition) is 6. The Kier molecular flexibility index (Phi) is 16.3. The van der Waals surface area contributed by atoms with Gasteiger partial charge in [0.05, 0.1) is 24.2 Å². The second-order valence-corrected chi connectivity index (χ2v) is 25.0. The van der Waals surface area contributed by atoms with Crippen LogP contribution in [0.3, 0.4) is 0 Å². The van der Waals surface area contributed by atoms with Gasteiger partial charge in [0.25, 0.3) is 5.91 Å². The minimum Gasteiger partial charge on any atom is -0.453 e. The number of aryl methyl sites for hydroxylation is 1. The first-order chi connectivity index (χ1) is 45.7. The molecule has 12 heterocycles. The summed E-state index contributed by atoms with van der Waals surface area (Å²) in [6.07, 6.45) is 15.6. The number of carbonyl (C=O) groups excluding carboxylic acids is 3. The molecule has 9 N–H and O–H groups in total. The Morgan fingerprint density at radius 1 is 0.511 bits per heavy atom. The molecular formula is C70H72ClN19O4. The van der Waals surface area contributed by atoms with Crippen molar-refractivity contribution in [3.8, 4) is 34.2 Å². The topological polar surface area (TPSA) is 289 Å². The highest BCUT2D eigenvalue weighted by molar-refractivity contribution is 6.30. The summed E-state index contributed by atoms with van der Waals surface area (Å²) in [6, 6.07) is 36.2. The molecule has 0 saturated carbocycles. The molecule has 3 aliphatic rings. The predicted octanol–water partition coefficient (Wildman–Crippen LogP) is 12.2. The zero-order valence-electron chi connectivity index (χ0n) is 52.6. The predicted molar refractivity (Wildman–Crippen MR) is 367 cm³/mol. The van der Waals surface area contributed by atoms with E-state index in [1.54, 1.807) is 48.6 Å². The number of fused-ring (bicyclic) bond motifs is 6. The van der Waals surface area contributed by atoms with Crippen molar-refractivity contribution in [2.75, 3.05) is 77.7 Å². The average molecular weight is 1280 g/mol. The highest BCUT2D eigenvalue weighted by atomic mass is 35.5. The van der Waals surface area contributed by atoms with Gasteiger partial charge in [-0.25, -0.2) is 39.5 Å². The number of hydrogen-bond acceptors (Lipinski definition) is 13. The van der Waals surface area contributed by atoms with Gasteiger partial charge in [-0.05, 0) is 106 Å². The number of methoxy groups -OCH3 is 1. The quantitative estimate of drug-likeness (QED) is 0.0866. The second kappa shape index (κ2) is 25.3. The van der Waals surface area contributed by atoms with Crippen molar-refractivity contribution in [1.82, 2.24) is 77.7 Å². The molecule has 24 heteroatoms. The molecule has 0 bridgehead atoms. The molecule has 0 unspecified atom stereocenters. The van der Waals surface area contributed by atoms with Gasteiger partial charge in [0.1, 0.15) is 68.6 Å². The van der Waals surface area contributed by atoms with Gasteiger partial charge in [0, 0.05) is 152 Å². The lowest BCUT2D eigenvalue weighted by molar-refractivity contribution is 0.0710. The first-order valence-corrected chi connectivity index (χ1v) is 32.0. The summed E-state index contributed by atoms with van der Waals surface area (Å²) in [5.41, 5.74) is 31.3. The molecule has 3 saturated heterocycles. The molecule has 0 spiro atoms. The van der Waals surface area contributed by atoms with Crippen molar-refractivity contribution in [3.63, 3.8) is 0 Å². The second-order valence-electron chi connectivity index (χ2n) is 24.6. The van der Waals surface area contributed by atoms with Gasteiger partial charge in [0.15, 0.2) is 0 Å². The molecule has 13 aromatic rings. The van der Waals surface area contributed by atoms with Crippen LogP contribution in [-0.2, 0) is 4.74 Å². The third-order valence-electron chi connectivity index (χ3n) is 18.6. The Morgan fingerprint density at radius 2 is 0.872 bits per heavy atom. The molecule has 4 aromatic carbocycles. The Bertz CT molecular complexity index is 4890. The SMILES string of the molecule is CN(C)C(=O)N1CCC(c2nc(-c3cc4ccccc4[nH]3)c3c(N)nccn23)CC1.COC(=O)N1CCC(c2nc(-c3cc4ccccc4[nH]3)c3c(N)nccn23)CC1.Cc1cc(Cl)ccc1C(=O)N1CCC(c2nc(-c3cc4ccccc4[nH]3)c3c(N)nccn23)CC1. The van der Waals surface area contributed by atoms with Crippen LogP contribution in [0.1, 0.15) is 89.7 Å². The molecule has 0 radical (unpaired) electrons. The lowest BCUT2D eigenvalue weighted by Crippen LogP contribution is -2.43. The molecule has 0 atom stereocenters. The van der Waals surface area contributed by atoms with E-state index in [4.69, 9.17) is 48.5 Å². The van der Waals surface area contributed by atoms with E-state index in [1.807, 2.05) is 94.3 Å². The summed E-state index contributed by atoms with van der Waals surface area (Å²) in [6.45, 7) is 6.00. The largest absolute Gasteiger partial charge is 0.453 e. The Labute approximate surface area is 545 Å². The molecule has 94 heavy (non-hydrogen) atoms. The van der Waals surface area contributed by atoms with E-state index in [0.717, 1.165) is 158 Å². The lowest BCUT2D eigenvalue weighted by Gasteiger charge is -2.33. The number of nitrogens with zero attached hydrogens (tertiary/aromatic N) is 13. The van der Waals surface area contributed by atoms with Crippen LogP contribution < -0.4 is 17.2 Å². The summed E-state index contributed by atoms with van der Waals surface area (Å²) >= 11 is 6.07. The van der Waals surface area contributed by atoms with Crippen molar-refractivity contribution < 1.29 is 19.1 Å². The third kappa shape index (κ3) is 11.4. The number of nitrogens with one attached hydrogen (secondary N) is 3. The van der Waals surface area contributed by atoms with Crippen LogP contribution in [0.5, 0.6) is 0 Å². The van der Waals surface area contributed by atoms with E-state index in [9.17, 15) is 14.4 Å². The summed E-state index contributed by atoms with van der Waals surface area (Å²) in [5.74, 6) is 4.99. The third-order valence-corrected chi connectivity index (χ3v) is 18.8. The van der Waals surface area contributed by atoms with Gasteiger partial charge in [-0.1, -0.05) is 66.2 Å². The first kappa shape index (κ1) is 60.6. The number of H-pyrrole nitrogens is 3. The number of urea groups is 1. The van der Waals surface area contributed by atoms with Crippen LogP contribution in [0.15, 0.2) is 146 Å². The number of nitrogen functional groups attached to an aromatic ring is 3. The van der Waals surface area contributed by atoms with Gasteiger partial charge in [-0.3, -0.25) is 18.0 Å². The maximum Gasteiger partial charge on any atom is 0.409 e. The van der Waals surface area contributed by atoms with E-state index in [2.05, 4.69) is 87.2 Å². The normalized spacial score (nSPS) is 15.1. The zero-order valence-corrected chi connectivity index (χ0v) is 53.4. The van der Waals surface area contributed by atoms with Crippen LogP contribution in [0.25, 0.3) is 83.4 Å². The average Bonchev–Trinajstić information content (AvgIpc) is 1.62. The fourth-order valence-electron chi connectivity index (χ4n) is 13.7. The van der Waals surface area contributed by atoms with Crippen molar-refractivity contribution in [3.05, 3.63) is 180 Å². The Hall–Kier alpha value is -10.9. The number of aromatic amines is 3. The standard InChI is InChI=1S/C27H25ClN6O.C22H25N7O.C21H22N6O2/c1-16-14-19(28)6-7-20(16)27(35)33-11-8-17(9-12-33)26-32-23(24-25(29)30-10-13-34(24)26)22-15-18-4-2-3-5-21(18)31-22;1-27(2)22(30)28-10-7-14(8-11-28)21-26-18(19-20(23)24-9-12-29(19)21)17-13-15-5-3-4-6-16(15)25-17;1-29-21(28)26-9-6-13(7-10-26)20-25-17(18-19(22)23-8-11-27(18)20)16-12-14-4-2-3-5-15(14)24-16/h2-7,10,13-15,17,31H,8-9,11-12H2,1H3,(H2,29,30);3-6,9,12-14,25H,7-8,10-11H2,1-2H3,(H2,23,24);2-5,8,11-13,24H,6-7,9-10H2,1H3,(H2,22,23). The van der Waals surface area contributed by atoms with Crippen LogP contribution in [-0.4, -0.2) is 156 Å². The number of likely N-dealkylation sites (tertiary alicyclic amines) is 3. The van der Waals surface area contributed by atoms with Gasteiger partial charge < -0.3 is 56.5 Å². The van der Waals surface area contributed by atoms with E-state index in [1.165, 1.54) is 7.11 Å². The minimum absolute atomic E-state index is 0.0535. The zero-order chi connectivity index (χ0) is 64.9. The number of benzene rings is 4. The summed E-state index contributed by atoms with van der Waals surface area (Å²) in [7, 11) is 5.00. The number of halogens is 1. The summed E-state index contributed by atoms with van der Waals surface area (Å²) < 4.78 is 11.0. The molecule has 9 aromatic heterocycles. The van der Waals surface area contributed by atoms with Crippen molar-refractivity contribution >= 4 is 96.3 Å². The number of piperidine rings is 3. The van der Waals surface area contributed by atoms with Gasteiger partial charge in [-0.2, -0.15) is 0 Å². The van der Waals surface area contributed by atoms with Crippen LogP contribution >= 0.6 is 11.6 Å². The first-order valence-electron chi connectivity index (χ1n) is 31.6. The molecular weight excluding hydrogens is 1210 g/mol. The molecule has 16 rings (SSSR count). The number of anilines is 3. The van der Waals surface area contributed by atoms with Gasteiger partial charge >= 0.3 is 12.1 Å². The molecule has 3 fully saturated rings. The Balaban J connectivity index is 0.000000122. The number of amides is 4. The number of rotatable bonds is 7. The number of ether oxygens (including phenoxy) is 1. The fraction of sp³-hybridized carbons (Fsp3) is 0.271. The van der Waals surface area contributed by atoms with Crippen molar-refractivity contribution in [2.45, 2.75) is 63.2 Å². The number of carbonyl (C=O) groups is 3. The van der Waals surface area contributed by atoms with Crippen molar-refractivity contribution in [1.29, 1.82) is 0 Å². The minimum atomic E-state index is -0.274. The number of imidazole rings is 3. The Morgan fingerprint density at radius 3 is 1.22 bits per heavy atom. The molecule has 23 nitrogen and oxygen atoms in total. The smallest absolute Gasteiger partial charge is 0.409 e. The van der Waals surface area contributed by atoms with Crippen molar-refractivity contribution in [2.24, 2.45) is 0 Å². The monoisotopic (exact) mass is 1280 g/mol. The number of nitrogens with two attached hydrogens (primary N) is 3. The van der Waals surface area contributed by atoms with E-state index in [-0.39, 0.29) is 35.8 Å².